The van der Waals surface area contributed by atoms with Gasteiger partial charge in [-0.15, -0.1) is 0 Å². The first-order valence-electron chi connectivity index (χ1n) is 6.24. The number of anilines is 1. The molecular weight excluding hydrogens is 208 g/mol. The Morgan fingerprint density at radius 1 is 1.29 bits per heavy atom. The summed E-state index contributed by atoms with van der Waals surface area (Å²) in [5.41, 5.74) is 2.65. The van der Waals surface area contributed by atoms with Crippen molar-refractivity contribution in [1.29, 1.82) is 5.26 Å². The molecule has 2 nitrogen and oxygen atoms in total. The predicted molar refractivity (Wildman–Crippen MR) is 70.9 cm³/mol. The number of nitrogens with zero attached hydrogens (tertiary/aromatic N) is 2. The number of hydrogen-bond donors (Lipinski definition) is 0. The Morgan fingerprint density at radius 3 is 2.47 bits per heavy atom. The Kier molecular flexibility index (Phi) is 3.11. The van der Waals surface area contributed by atoms with Crippen LogP contribution in [0.15, 0.2) is 24.3 Å². The van der Waals surface area contributed by atoms with Crippen LogP contribution in [0, 0.1) is 29.6 Å². The van der Waals surface area contributed by atoms with Gasteiger partial charge >= 0.3 is 0 Å². The van der Waals surface area contributed by atoms with Crippen molar-refractivity contribution in [1.82, 2.24) is 0 Å². The Hall–Kier alpha value is -1.49. The maximum absolute atomic E-state index is 9.15. The molecule has 0 bridgehead atoms. The van der Waals surface area contributed by atoms with E-state index in [4.69, 9.17) is 5.26 Å². The molecule has 1 aromatic rings. The van der Waals surface area contributed by atoms with Crippen molar-refractivity contribution >= 4 is 5.69 Å². The van der Waals surface area contributed by atoms with Crippen LogP contribution in [0.1, 0.15) is 25.8 Å². The molecule has 1 saturated heterocycles. The average molecular weight is 228 g/mol. The van der Waals surface area contributed by atoms with E-state index >= 15 is 0 Å². The van der Waals surface area contributed by atoms with Crippen LogP contribution in [0.4, 0.5) is 5.69 Å². The fraction of sp³-hybridized carbons (Fsp3) is 0.533. The fourth-order valence-corrected chi connectivity index (χ4v) is 2.57. The van der Waals surface area contributed by atoms with Gasteiger partial charge in [-0.3, -0.25) is 0 Å². The summed E-state index contributed by atoms with van der Waals surface area (Å²) in [5.74, 6) is 0.184. The van der Waals surface area contributed by atoms with Gasteiger partial charge in [0.2, 0.25) is 0 Å². The van der Waals surface area contributed by atoms with Gasteiger partial charge in [-0.25, -0.2) is 0 Å². The molecule has 1 atom stereocenters. The lowest BCUT2D eigenvalue weighted by atomic mass is 9.74. The summed E-state index contributed by atoms with van der Waals surface area (Å²) in [5, 5.41) is 9.15. The molecular formula is C15H20N2. The van der Waals surface area contributed by atoms with Crippen molar-refractivity contribution in [3.63, 3.8) is 0 Å². The highest BCUT2D eigenvalue weighted by atomic mass is 15.1. The number of rotatable bonds is 1. The van der Waals surface area contributed by atoms with E-state index in [0.29, 0.717) is 0 Å². The normalized spacial score (nSPS) is 23.2. The molecule has 1 aromatic carbocycles. The Balaban J connectivity index is 2.16. The van der Waals surface area contributed by atoms with Gasteiger partial charge in [0.15, 0.2) is 0 Å². The first-order chi connectivity index (χ1) is 8.03. The smallest absolute Gasteiger partial charge is 0.0662 e. The van der Waals surface area contributed by atoms with E-state index in [1.54, 1.807) is 0 Å². The molecule has 1 fully saturated rings. The second-order valence-corrected chi connectivity index (χ2v) is 5.72. The van der Waals surface area contributed by atoms with Crippen molar-refractivity contribution in [2.75, 3.05) is 18.0 Å². The minimum absolute atomic E-state index is 0.0812. The molecule has 1 aliphatic rings. The molecule has 0 radical (unpaired) electrons. The van der Waals surface area contributed by atoms with Crippen molar-refractivity contribution in [3.8, 4) is 6.07 Å². The van der Waals surface area contributed by atoms with Crippen LogP contribution < -0.4 is 4.90 Å². The minimum atomic E-state index is 0.0812. The zero-order chi connectivity index (χ0) is 12.5. The Labute approximate surface area is 104 Å². The number of piperidine rings is 1. The molecule has 2 heteroatoms. The van der Waals surface area contributed by atoms with Gasteiger partial charge in [0, 0.05) is 18.8 Å². The second kappa shape index (κ2) is 4.41. The average Bonchev–Trinajstić information content (AvgIpc) is 2.28. The van der Waals surface area contributed by atoms with Crippen LogP contribution in [0.25, 0.3) is 0 Å². The van der Waals surface area contributed by atoms with Crippen molar-refractivity contribution < 1.29 is 0 Å². The lowest BCUT2D eigenvalue weighted by Crippen LogP contribution is -2.45. The Morgan fingerprint density at radius 2 is 1.94 bits per heavy atom. The highest BCUT2D eigenvalue weighted by Crippen LogP contribution is 2.36. The van der Waals surface area contributed by atoms with Gasteiger partial charge in [0.05, 0.1) is 12.0 Å². The molecule has 0 N–H and O–H groups in total. The van der Waals surface area contributed by atoms with Gasteiger partial charge in [-0.05, 0) is 30.9 Å². The summed E-state index contributed by atoms with van der Waals surface area (Å²) >= 11 is 0. The van der Waals surface area contributed by atoms with Gasteiger partial charge in [0.1, 0.15) is 0 Å². The zero-order valence-electron chi connectivity index (χ0n) is 10.9. The van der Waals surface area contributed by atoms with Crippen LogP contribution in [-0.2, 0) is 0 Å². The van der Waals surface area contributed by atoms with Gasteiger partial charge in [-0.1, -0.05) is 31.5 Å². The molecule has 0 aromatic heterocycles. The largest absolute Gasteiger partial charge is 0.371 e. The van der Waals surface area contributed by atoms with E-state index < -0.39 is 0 Å². The summed E-state index contributed by atoms with van der Waals surface area (Å²) in [6.45, 7) is 8.46. The molecule has 2 rings (SSSR count). The third-order valence-electron chi connectivity index (χ3n) is 3.78. The van der Waals surface area contributed by atoms with E-state index in [-0.39, 0.29) is 11.3 Å². The Bertz CT molecular complexity index is 425. The van der Waals surface area contributed by atoms with E-state index in [1.165, 1.54) is 11.3 Å². The van der Waals surface area contributed by atoms with E-state index in [0.717, 1.165) is 19.5 Å². The van der Waals surface area contributed by atoms with E-state index in [1.807, 2.05) is 0 Å². The standard InChI is InChI=1S/C15H20N2/c1-12-4-6-14(7-5-12)17-9-8-13(10-16)15(2,3)11-17/h4-7,13H,8-9,11H2,1-3H3. The zero-order valence-corrected chi connectivity index (χ0v) is 10.9. The lowest BCUT2D eigenvalue weighted by Gasteiger charge is -2.42. The highest BCUT2D eigenvalue weighted by molar-refractivity contribution is 5.48. The number of nitriles is 1. The molecule has 1 aliphatic heterocycles. The van der Waals surface area contributed by atoms with E-state index in [2.05, 4.69) is 56.0 Å². The molecule has 1 heterocycles. The molecule has 17 heavy (non-hydrogen) atoms. The topological polar surface area (TPSA) is 27.0 Å². The van der Waals surface area contributed by atoms with Crippen molar-refractivity contribution in [2.24, 2.45) is 11.3 Å². The molecule has 0 saturated carbocycles. The van der Waals surface area contributed by atoms with Crippen molar-refractivity contribution in [2.45, 2.75) is 27.2 Å². The molecule has 90 valence electrons. The van der Waals surface area contributed by atoms with Crippen LogP contribution in [0.5, 0.6) is 0 Å². The quantitative estimate of drug-likeness (QED) is 0.737. The minimum Gasteiger partial charge on any atom is -0.371 e. The number of hydrogen-bond acceptors (Lipinski definition) is 2. The monoisotopic (exact) mass is 228 g/mol. The van der Waals surface area contributed by atoms with Gasteiger partial charge in [-0.2, -0.15) is 5.26 Å². The summed E-state index contributed by atoms with van der Waals surface area (Å²) in [4.78, 5) is 2.40. The van der Waals surface area contributed by atoms with E-state index in [9.17, 15) is 0 Å². The maximum Gasteiger partial charge on any atom is 0.0662 e. The summed E-state index contributed by atoms with van der Waals surface area (Å²) in [7, 11) is 0. The summed E-state index contributed by atoms with van der Waals surface area (Å²) < 4.78 is 0. The summed E-state index contributed by atoms with van der Waals surface area (Å²) in [6, 6.07) is 11.1. The lowest BCUT2D eigenvalue weighted by molar-refractivity contribution is 0.226. The molecule has 0 spiro atoms. The first kappa shape index (κ1) is 12.0. The third kappa shape index (κ3) is 2.44. The second-order valence-electron chi connectivity index (χ2n) is 5.72. The molecule has 1 unspecified atom stereocenters. The third-order valence-corrected chi connectivity index (χ3v) is 3.78. The van der Waals surface area contributed by atoms with Crippen molar-refractivity contribution in [3.05, 3.63) is 29.8 Å². The highest BCUT2D eigenvalue weighted by Gasteiger charge is 2.35. The fourth-order valence-electron chi connectivity index (χ4n) is 2.57. The van der Waals surface area contributed by atoms with Crippen LogP contribution in [0.3, 0.4) is 0 Å². The predicted octanol–water partition coefficient (Wildman–Crippen LogP) is 3.37. The van der Waals surface area contributed by atoms with Gasteiger partial charge in [0.25, 0.3) is 0 Å². The molecule has 0 amide bonds. The first-order valence-corrected chi connectivity index (χ1v) is 6.24. The number of benzene rings is 1. The molecule has 0 aliphatic carbocycles. The van der Waals surface area contributed by atoms with Crippen LogP contribution >= 0.6 is 0 Å². The van der Waals surface area contributed by atoms with Crippen LogP contribution in [0.2, 0.25) is 0 Å². The SMILES string of the molecule is Cc1ccc(N2CCC(C#N)C(C)(C)C2)cc1. The summed E-state index contributed by atoms with van der Waals surface area (Å²) in [6.07, 6.45) is 0.970. The number of aryl methyl sites for hydroxylation is 1. The van der Waals surface area contributed by atoms with Gasteiger partial charge < -0.3 is 4.90 Å². The van der Waals surface area contributed by atoms with Crippen LogP contribution in [-0.4, -0.2) is 13.1 Å². The maximum atomic E-state index is 9.15.